The normalized spacial score (nSPS) is 13.9. The minimum absolute atomic E-state index is 0.0785. The maximum absolute atomic E-state index is 5.54. The van der Waals surface area contributed by atoms with Gasteiger partial charge in [0.2, 0.25) is 0 Å². The molecule has 0 heterocycles. The highest BCUT2D eigenvalue weighted by molar-refractivity contribution is 5.79. The van der Waals surface area contributed by atoms with Crippen LogP contribution in [-0.4, -0.2) is 65.7 Å². The van der Waals surface area contributed by atoms with Crippen LogP contribution in [0.15, 0.2) is 4.99 Å². The lowest BCUT2D eigenvalue weighted by Gasteiger charge is -2.28. The summed E-state index contributed by atoms with van der Waals surface area (Å²) in [6.07, 6.45) is 2.18. The second-order valence-corrected chi connectivity index (χ2v) is 6.55. The molecule has 0 aromatic carbocycles. The summed E-state index contributed by atoms with van der Waals surface area (Å²) in [5.74, 6) is 0.846. The Bertz CT molecular complexity index is 304. The maximum atomic E-state index is 5.54. The highest BCUT2D eigenvalue weighted by atomic mass is 16.5. The van der Waals surface area contributed by atoms with Crippen LogP contribution in [0.5, 0.6) is 0 Å². The molecule has 138 valence electrons. The van der Waals surface area contributed by atoms with Crippen LogP contribution in [-0.2, 0) is 14.2 Å². The van der Waals surface area contributed by atoms with E-state index in [2.05, 4.69) is 43.3 Å². The van der Waals surface area contributed by atoms with E-state index < -0.39 is 0 Å². The van der Waals surface area contributed by atoms with Crippen LogP contribution in [0, 0.1) is 5.41 Å². The second kappa shape index (κ2) is 13.6. The van der Waals surface area contributed by atoms with Crippen molar-refractivity contribution in [2.45, 2.75) is 46.6 Å². The van der Waals surface area contributed by atoms with E-state index in [1.165, 1.54) is 0 Å². The van der Waals surface area contributed by atoms with Crippen LogP contribution in [0.4, 0.5) is 0 Å². The Morgan fingerprint density at radius 1 is 1.04 bits per heavy atom. The van der Waals surface area contributed by atoms with Gasteiger partial charge in [-0.05, 0) is 25.2 Å². The highest BCUT2D eigenvalue weighted by Gasteiger charge is 2.23. The average molecular weight is 332 g/mol. The fraction of sp³-hybridized carbons (Fsp3) is 0.941. The van der Waals surface area contributed by atoms with E-state index in [4.69, 9.17) is 14.2 Å². The van der Waals surface area contributed by atoms with Gasteiger partial charge < -0.3 is 24.8 Å². The zero-order valence-corrected chi connectivity index (χ0v) is 15.9. The molecule has 0 saturated heterocycles. The molecule has 6 nitrogen and oxygen atoms in total. The summed E-state index contributed by atoms with van der Waals surface area (Å²) in [5, 5.41) is 6.62. The molecule has 6 heteroatoms. The fourth-order valence-corrected chi connectivity index (χ4v) is 2.00. The third-order valence-corrected chi connectivity index (χ3v) is 3.45. The molecule has 2 N–H and O–H groups in total. The van der Waals surface area contributed by atoms with Gasteiger partial charge in [0.25, 0.3) is 0 Å². The predicted octanol–water partition coefficient (Wildman–Crippen LogP) is 2.05. The van der Waals surface area contributed by atoms with Gasteiger partial charge in [0.15, 0.2) is 5.96 Å². The van der Waals surface area contributed by atoms with Gasteiger partial charge in [-0.15, -0.1) is 0 Å². The molecule has 0 fully saturated rings. The number of ether oxygens (including phenoxy) is 3. The SMILES string of the molecule is CCNC(=NCC(OC)C(C)(C)C)NCCCCOCCOC. The van der Waals surface area contributed by atoms with Crippen molar-refractivity contribution in [1.29, 1.82) is 0 Å². The first-order valence-corrected chi connectivity index (χ1v) is 8.57. The Hall–Kier alpha value is -0.850. The number of unbranched alkanes of at least 4 members (excludes halogenated alkanes) is 1. The smallest absolute Gasteiger partial charge is 0.191 e. The Kier molecular flexibility index (Phi) is 13.1. The lowest BCUT2D eigenvalue weighted by molar-refractivity contribution is 0.0241. The molecule has 0 aromatic heterocycles. The van der Waals surface area contributed by atoms with Crippen molar-refractivity contribution in [3.8, 4) is 0 Å². The van der Waals surface area contributed by atoms with E-state index in [9.17, 15) is 0 Å². The molecule has 1 atom stereocenters. The minimum atomic E-state index is 0.0785. The van der Waals surface area contributed by atoms with Gasteiger partial charge >= 0.3 is 0 Å². The zero-order chi connectivity index (χ0) is 17.6. The van der Waals surface area contributed by atoms with Crippen LogP contribution >= 0.6 is 0 Å². The van der Waals surface area contributed by atoms with Crippen LogP contribution in [0.3, 0.4) is 0 Å². The summed E-state index contributed by atoms with van der Waals surface area (Å²) < 4.78 is 15.9. The van der Waals surface area contributed by atoms with Crippen LogP contribution < -0.4 is 10.6 Å². The summed E-state index contributed by atoms with van der Waals surface area (Å²) in [7, 11) is 3.43. The summed E-state index contributed by atoms with van der Waals surface area (Å²) >= 11 is 0. The number of hydrogen-bond donors (Lipinski definition) is 2. The average Bonchev–Trinajstić information content (AvgIpc) is 2.49. The molecule has 0 rings (SSSR count). The van der Waals surface area contributed by atoms with Gasteiger partial charge in [-0.3, -0.25) is 4.99 Å². The molecule has 0 aromatic rings. The van der Waals surface area contributed by atoms with Gasteiger partial charge in [-0.2, -0.15) is 0 Å². The van der Waals surface area contributed by atoms with Crippen LogP contribution in [0.2, 0.25) is 0 Å². The van der Waals surface area contributed by atoms with Gasteiger partial charge in [-0.1, -0.05) is 20.8 Å². The summed E-state index contributed by atoms with van der Waals surface area (Å²) in [5.41, 5.74) is 0.0785. The molecule has 0 saturated carbocycles. The molecule has 0 radical (unpaired) electrons. The number of nitrogens with zero attached hydrogens (tertiary/aromatic N) is 1. The number of guanidine groups is 1. The quantitative estimate of drug-likeness (QED) is 0.325. The minimum Gasteiger partial charge on any atom is -0.382 e. The Balaban J connectivity index is 4.03. The summed E-state index contributed by atoms with van der Waals surface area (Å²) in [6.45, 7) is 13.0. The molecule has 0 amide bonds. The number of aliphatic imine (C=N–C) groups is 1. The van der Waals surface area contributed by atoms with Gasteiger partial charge in [-0.25, -0.2) is 0 Å². The fourth-order valence-electron chi connectivity index (χ4n) is 2.00. The van der Waals surface area contributed by atoms with E-state index >= 15 is 0 Å². The van der Waals surface area contributed by atoms with Crippen molar-refractivity contribution in [2.24, 2.45) is 10.4 Å². The first-order chi connectivity index (χ1) is 11.0. The molecule has 23 heavy (non-hydrogen) atoms. The van der Waals surface area contributed by atoms with Crippen molar-refractivity contribution in [2.75, 3.05) is 53.7 Å². The van der Waals surface area contributed by atoms with Crippen molar-refractivity contribution in [3.05, 3.63) is 0 Å². The van der Waals surface area contributed by atoms with E-state index in [1.807, 2.05) is 0 Å². The Morgan fingerprint density at radius 3 is 2.35 bits per heavy atom. The molecule has 0 aliphatic rings. The number of rotatable bonds is 12. The largest absolute Gasteiger partial charge is 0.382 e. The first-order valence-electron chi connectivity index (χ1n) is 8.57. The summed E-state index contributed by atoms with van der Waals surface area (Å²) in [4.78, 5) is 4.63. The number of hydrogen-bond acceptors (Lipinski definition) is 4. The van der Waals surface area contributed by atoms with Crippen molar-refractivity contribution < 1.29 is 14.2 Å². The molecule has 0 aliphatic heterocycles. The first kappa shape index (κ1) is 22.1. The zero-order valence-electron chi connectivity index (χ0n) is 15.9. The van der Waals surface area contributed by atoms with Crippen molar-refractivity contribution >= 4 is 5.96 Å². The van der Waals surface area contributed by atoms with Gasteiger partial charge in [0, 0.05) is 33.9 Å². The van der Waals surface area contributed by atoms with E-state index in [1.54, 1.807) is 14.2 Å². The molecule has 0 bridgehead atoms. The van der Waals surface area contributed by atoms with E-state index in [0.29, 0.717) is 19.8 Å². The predicted molar refractivity (Wildman–Crippen MR) is 96.2 cm³/mol. The van der Waals surface area contributed by atoms with Crippen molar-refractivity contribution in [3.63, 3.8) is 0 Å². The van der Waals surface area contributed by atoms with Gasteiger partial charge in [0.05, 0.1) is 25.9 Å². The third-order valence-electron chi connectivity index (χ3n) is 3.45. The standard InChI is InChI=1S/C17H37N3O3/c1-7-18-16(20-14-15(22-6)17(2,3)4)19-10-8-9-11-23-13-12-21-5/h15H,7-14H2,1-6H3,(H2,18,19,20). The Labute approximate surface area is 142 Å². The molecule has 1 unspecified atom stereocenters. The van der Waals surface area contributed by atoms with Crippen LogP contribution in [0.25, 0.3) is 0 Å². The third kappa shape index (κ3) is 12.3. The molecule has 0 spiro atoms. The molecular formula is C17H37N3O3. The lowest BCUT2D eigenvalue weighted by Crippen LogP contribution is -2.39. The van der Waals surface area contributed by atoms with Crippen LogP contribution in [0.1, 0.15) is 40.5 Å². The monoisotopic (exact) mass is 331 g/mol. The molecule has 0 aliphatic carbocycles. The highest BCUT2D eigenvalue weighted by Crippen LogP contribution is 2.21. The number of nitrogens with one attached hydrogen (secondary N) is 2. The number of methoxy groups -OCH3 is 2. The Morgan fingerprint density at radius 2 is 1.78 bits per heavy atom. The lowest BCUT2D eigenvalue weighted by atomic mass is 9.89. The second-order valence-electron chi connectivity index (χ2n) is 6.55. The maximum Gasteiger partial charge on any atom is 0.191 e. The van der Waals surface area contributed by atoms with Crippen molar-refractivity contribution in [1.82, 2.24) is 10.6 Å². The topological polar surface area (TPSA) is 64.1 Å². The van der Waals surface area contributed by atoms with E-state index in [-0.39, 0.29) is 11.5 Å². The molecular weight excluding hydrogens is 294 g/mol. The van der Waals surface area contributed by atoms with E-state index in [0.717, 1.165) is 38.5 Å². The van der Waals surface area contributed by atoms with Gasteiger partial charge in [0.1, 0.15) is 0 Å². The summed E-state index contributed by atoms with van der Waals surface area (Å²) in [6, 6.07) is 0.